The Labute approximate surface area is 143 Å². The number of amides is 2. The van der Waals surface area contributed by atoms with Gasteiger partial charge in [-0.25, -0.2) is 9.78 Å². The van der Waals surface area contributed by atoms with Crippen molar-refractivity contribution in [2.24, 2.45) is 11.8 Å². The molecular weight excluding hydrogens is 304 g/mol. The van der Waals surface area contributed by atoms with E-state index in [-0.39, 0.29) is 12.6 Å². The van der Waals surface area contributed by atoms with Crippen molar-refractivity contribution in [2.45, 2.75) is 40.2 Å². The SMILES string of the molecule is Cc1cccc2nc(CNC(=O)NCC(CCO)CC(C)C)cn12. The predicted octanol–water partition coefficient (Wildman–Crippen LogP) is 2.49. The third-order valence-electron chi connectivity index (χ3n) is 4.07. The van der Waals surface area contributed by atoms with Crippen LogP contribution >= 0.6 is 0 Å². The minimum Gasteiger partial charge on any atom is -0.396 e. The van der Waals surface area contributed by atoms with Gasteiger partial charge in [0.05, 0.1) is 12.2 Å². The molecule has 0 fully saturated rings. The highest BCUT2D eigenvalue weighted by Gasteiger charge is 2.12. The summed E-state index contributed by atoms with van der Waals surface area (Å²) >= 11 is 0. The first-order valence-electron chi connectivity index (χ1n) is 8.55. The third-order valence-corrected chi connectivity index (χ3v) is 4.07. The van der Waals surface area contributed by atoms with Crippen LogP contribution in [0.2, 0.25) is 0 Å². The molecule has 2 amide bonds. The lowest BCUT2D eigenvalue weighted by Crippen LogP contribution is -2.38. The van der Waals surface area contributed by atoms with E-state index in [1.807, 2.05) is 35.7 Å². The standard InChI is InChI=1S/C18H28N4O2/c1-13(2)9-15(7-8-23)10-19-18(24)20-11-16-12-22-14(3)5-4-6-17(22)21-16/h4-6,12-13,15,23H,7-11H2,1-3H3,(H2,19,20,24). The second-order valence-electron chi connectivity index (χ2n) is 6.70. The highest BCUT2D eigenvalue weighted by molar-refractivity contribution is 5.73. The number of rotatable bonds is 8. The van der Waals surface area contributed by atoms with Crippen LogP contribution in [0.4, 0.5) is 4.79 Å². The zero-order chi connectivity index (χ0) is 17.5. The van der Waals surface area contributed by atoms with Gasteiger partial charge in [0.15, 0.2) is 0 Å². The lowest BCUT2D eigenvalue weighted by atomic mass is 9.94. The maximum atomic E-state index is 12.0. The monoisotopic (exact) mass is 332 g/mol. The highest BCUT2D eigenvalue weighted by atomic mass is 16.3. The molecule has 3 N–H and O–H groups in total. The van der Waals surface area contributed by atoms with Gasteiger partial charge in [0, 0.05) is 25.0 Å². The number of hydrogen-bond donors (Lipinski definition) is 3. The van der Waals surface area contributed by atoms with E-state index in [0.717, 1.165) is 23.5 Å². The summed E-state index contributed by atoms with van der Waals surface area (Å²) in [6, 6.07) is 5.74. The fraction of sp³-hybridized carbons (Fsp3) is 0.556. The maximum absolute atomic E-state index is 12.0. The Morgan fingerprint density at radius 1 is 1.33 bits per heavy atom. The molecule has 1 unspecified atom stereocenters. The number of fused-ring (bicyclic) bond motifs is 1. The van der Waals surface area contributed by atoms with Gasteiger partial charge >= 0.3 is 6.03 Å². The average Bonchev–Trinajstić information content (AvgIpc) is 2.95. The number of nitrogens with one attached hydrogen (secondary N) is 2. The zero-order valence-electron chi connectivity index (χ0n) is 14.7. The van der Waals surface area contributed by atoms with Crippen molar-refractivity contribution in [3.8, 4) is 0 Å². The van der Waals surface area contributed by atoms with Gasteiger partial charge in [0.1, 0.15) is 5.65 Å². The van der Waals surface area contributed by atoms with Gasteiger partial charge < -0.3 is 20.1 Å². The normalized spacial score (nSPS) is 12.5. The number of aliphatic hydroxyl groups excluding tert-OH is 1. The molecule has 24 heavy (non-hydrogen) atoms. The molecule has 0 spiro atoms. The van der Waals surface area contributed by atoms with Crippen molar-refractivity contribution in [1.29, 1.82) is 0 Å². The number of carbonyl (C=O) groups is 1. The second kappa shape index (κ2) is 8.68. The van der Waals surface area contributed by atoms with E-state index in [1.165, 1.54) is 0 Å². The van der Waals surface area contributed by atoms with Crippen molar-refractivity contribution in [3.63, 3.8) is 0 Å². The molecule has 6 heteroatoms. The van der Waals surface area contributed by atoms with Gasteiger partial charge in [-0.05, 0) is 43.7 Å². The molecule has 0 bridgehead atoms. The van der Waals surface area contributed by atoms with Crippen molar-refractivity contribution in [1.82, 2.24) is 20.0 Å². The van der Waals surface area contributed by atoms with E-state index in [1.54, 1.807) is 0 Å². The summed E-state index contributed by atoms with van der Waals surface area (Å²) in [5.41, 5.74) is 2.82. The molecule has 2 aromatic heterocycles. The molecule has 0 aliphatic rings. The first-order valence-corrected chi connectivity index (χ1v) is 8.55. The Kier molecular flexibility index (Phi) is 6.61. The molecule has 0 saturated carbocycles. The number of aryl methyl sites for hydroxylation is 1. The quantitative estimate of drug-likeness (QED) is 0.695. The van der Waals surface area contributed by atoms with Gasteiger partial charge in [-0.1, -0.05) is 19.9 Å². The van der Waals surface area contributed by atoms with Crippen LogP contribution in [0.5, 0.6) is 0 Å². The Balaban J connectivity index is 1.82. The number of aromatic nitrogens is 2. The van der Waals surface area contributed by atoms with E-state index in [9.17, 15) is 4.79 Å². The van der Waals surface area contributed by atoms with Gasteiger partial charge in [-0.3, -0.25) is 0 Å². The number of carbonyl (C=O) groups excluding carboxylic acids is 1. The summed E-state index contributed by atoms with van der Waals surface area (Å²) in [7, 11) is 0. The molecule has 2 aromatic rings. The van der Waals surface area contributed by atoms with Crippen LogP contribution in [-0.4, -0.2) is 33.7 Å². The summed E-state index contributed by atoms with van der Waals surface area (Å²) in [5, 5.41) is 14.9. The Morgan fingerprint density at radius 2 is 2.12 bits per heavy atom. The molecule has 2 rings (SSSR count). The average molecular weight is 332 g/mol. The molecule has 2 heterocycles. The molecule has 0 aliphatic carbocycles. The molecule has 132 valence electrons. The number of aliphatic hydroxyl groups is 1. The number of imidazole rings is 1. The van der Waals surface area contributed by atoms with Crippen LogP contribution in [0.1, 0.15) is 38.1 Å². The molecule has 6 nitrogen and oxygen atoms in total. The summed E-state index contributed by atoms with van der Waals surface area (Å²) in [4.78, 5) is 16.5. The minimum absolute atomic E-state index is 0.154. The van der Waals surface area contributed by atoms with Crippen molar-refractivity contribution < 1.29 is 9.90 Å². The van der Waals surface area contributed by atoms with Gasteiger partial charge in [0.25, 0.3) is 0 Å². The zero-order valence-corrected chi connectivity index (χ0v) is 14.7. The largest absolute Gasteiger partial charge is 0.396 e. The summed E-state index contributed by atoms with van der Waals surface area (Å²) in [6.45, 7) is 7.44. The van der Waals surface area contributed by atoms with E-state index >= 15 is 0 Å². The lowest BCUT2D eigenvalue weighted by Gasteiger charge is -2.18. The van der Waals surface area contributed by atoms with Crippen LogP contribution in [0.15, 0.2) is 24.4 Å². The van der Waals surface area contributed by atoms with Crippen molar-refractivity contribution in [3.05, 3.63) is 35.8 Å². The molecule has 1 atom stereocenters. The predicted molar refractivity (Wildman–Crippen MR) is 94.8 cm³/mol. The topological polar surface area (TPSA) is 78.7 Å². The summed E-state index contributed by atoms with van der Waals surface area (Å²) < 4.78 is 2.01. The van der Waals surface area contributed by atoms with Crippen LogP contribution in [-0.2, 0) is 6.54 Å². The number of hydrogen-bond acceptors (Lipinski definition) is 3. The van der Waals surface area contributed by atoms with Crippen LogP contribution < -0.4 is 10.6 Å². The fourth-order valence-corrected chi connectivity index (χ4v) is 2.91. The van der Waals surface area contributed by atoms with Crippen LogP contribution in [0, 0.1) is 18.8 Å². The molecule has 0 aromatic carbocycles. The smallest absolute Gasteiger partial charge is 0.315 e. The van der Waals surface area contributed by atoms with E-state index in [2.05, 4.69) is 29.5 Å². The van der Waals surface area contributed by atoms with Gasteiger partial charge in [-0.15, -0.1) is 0 Å². The number of urea groups is 1. The first kappa shape index (κ1) is 18.3. The van der Waals surface area contributed by atoms with Gasteiger partial charge in [0.2, 0.25) is 0 Å². The van der Waals surface area contributed by atoms with Gasteiger partial charge in [-0.2, -0.15) is 0 Å². The fourth-order valence-electron chi connectivity index (χ4n) is 2.91. The Bertz CT molecular complexity index is 666. The Hall–Kier alpha value is -2.08. The third kappa shape index (κ3) is 5.23. The van der Waals surface area contributed by atoms with E-state index in [0.29, 0.717) is 31.3 Å². The minimum atomic E-state index is -0.199. The Morgan fingerprint density at radius 3 is 2.79 bits per heavy atom. The molecule has 0 saturated heterocycles. The summed E-state index contributed by atoms with van der Waals surface area (Å²) in [5.74, 6) is 0.853. The van der Waals surface area contributed by atoms with Crippen molar-refractivity contribution in [2.75, 3.05) is 13.2 Å². The number of nitrogens with zero attached hydrogens (tertiary/aromatic N) is 2. The van der Waals surface area contributed by atoms with Crippen molar-refractivity contribution >= 4 is 11.7 Å². The molecule has 0 aliphatic heterocycles. The van der Waals surface area contributed by atoms with E-state index in [4.69, 9.17) is 5.11 Å². The molecular formula is C18H28N4O2. The lowest BCUT2D eigenvalue weighted by molar-refractivity contribution is 0.224. The summed E-state index contributed by atoms with van der Waals surface area (Å²) in [6.07, 6.45) is 3.65. The second-order valence-corrected chi connectivity index (χ2v) is 6.70. The van der Waals surface area contributed by atoms with Crippen LogP contribution in [0.25, 0.3) is 5.65 Å². The number of pyridine rings is 1. The first-order chi connectivity index (χ1) is 11.5. The molecule has 0 radical (unpaired) electrons. The highest BCUT2D eigenvalue weighted by Crippen LogP contribution is 2.14. The maximum Gasteiger partial charge on any atom is 0.315 e. The van der Waals surface area contributed by atoms with Crippen LogP contribution in [0.3, 0.4) is 0 Å². The van der Waals surface area contributed by atoms with E-state index < -0.39 is 0 Å².